The van der Waals surface area contributed by atoms with Crippen molar-refractivity contribution in [1.29, 1.82) is 0 Å². The first-order valence-electron chi connectivity index (χ1n) is 9.02. The van der Waals surface area contributed by atoms with Crippen LogP contribution < -0.4 is 19.7 Å². The van der Waals surface area contributed by atoms with E-state index >= 15 is 0 Å². The van der Waals surface area contributed by atoms with Gasteiger partial charge in [-0.25, -0.2) is 0 Å². The molecule has 26 heavy (non-hydrogen) atoms. The zero-order chi connectivity index (χ0) is 18.5. The monoisotopic (exact) mass is 354 g/mol. The van der Waals surface area contributed by atoms with Crippen molar-refractivity contribution in [2.45, 2.75) is 32.2 Å². The Kier molecular flexibility index (Phi) is 5.66. The molecule has 1 fully saturated rings. The predicted octanol–water partition coefficient (Wildman–Crippen LogP) is 4.33. The highest BCUT2D eigenvalue weighted by Crippen LogP contribution is 2.29. The number of hydrogen-bond acceptors (Lipinski definition) is 4. The zero-order valence-corrected chi connectivity index (χ0v) is 15.6. The van der Waals surface area contributed by atoms with Gasteiger partial charge in [0.25, 0.3) is 5.91 Å². The molecule has 5 heteroatoms. The zero-order valence-electron chi connectivity index (χ0n) is 15.6. The smallest absolute Gasteiger partial charge is 0.255 e. The molecule has 1 amide bonds. The van der Waals surface area contributed by atoms with Crippen LogP contribution >= 0.6 is 0 Å². The second-order valence-corrected chi connectivity index (χ2v) is 6.61. The molecule has 3 rings (SSSR count). The number of benzene rings is 2. The van der Waals surface area contributed by atoms with E-state index in [2.05, 4.69) is 29.3 Å². The van der Waals surface area contributed by atoms with E-state index in [1.165, 1.54) is 24.9 Å². The molecule has 1 N–H and O–H groups in total. The minimum absolute atomic E-state index is 0.176. The Hall–Kier alpha value is -2.69. The van der Waals surface area contributed by atoms with Gasteiger partial charge in [-0.15, -0.1) is 0 Å². The summed E-state index contributed by atoms with van der Waals surface area (Å²) in [5.74, 6) is 0.962. The third kappa shape index (κ3) is 3.93. The fourth-order valence-electron chi connectivity index (χ4n) is 3.40. The molecule has 1 saturated heterocycles. The Morgan fingerprint density at radius 3 is 2.42 bits per heavy atom. The average Bonchev–Trinajstić information content (AvgIpc) is 2.68. The van der Waals surface area contributed by atoms with Crippen molar-refractivity contribution >= 4 is 17.3 Å². The molecule has 0 bridgehead atoms. The van der Waals surface area contributed by atoms with Crippen LogP contribution in [0.25, 0.3) is 0 Å². The van der Waals surface area contributed by atoms with E-state index in [-0.39, 0.29) is 5.91 Å². The molecule has 1 aliphatic heterocycles. The molecule has 0 radical (unpaired) electrons. The number of ether oxygens (including phenoxy) is 2. The molecule has 0 aliphatic carbocycles. The molecule has 5 nitrogen and oxygen atoms in total. The molecule has 2 aromatic carbocycles. The maximum atomic E-state index is 12.5. The van der Waals surface area contributed by atoms with Crippen molar-refractivity contribution in [3.05, 3.63) is 48.0 Å². The highest BCUT2D eigenvalue weighted by molar-refractivity contribution is 6.04. The summed E-state index contributed by atoms with van der Waals surface area (Å²) in [6.45, 7) is 3.37. The lowest BCUT2D eigenvalue weighted by Gasteiger charge is -2.35. The van der Waals surface area contributed by atoms with Crippen LogP contribution in [0.3, 0.4) is 0 Å². The number of anilines is 2. The van der Waals surface area contributed by atoms with Gasteiger partial charge in [0.1, 0.15) is 0 Å². The Labute approximate surface area is 154 Å². The fourth-order valence-corrected chi connectivity index (χ4v) is 3.40. The number of carbonyl (C=O) groups is 1. The number of carbonyl (C=O) groups excluding carboxylic acids is 1. The van der Waals surface area contributed by atoms with Crippen molar-refractivity contribution < 1.29 is 14.3 Å². The largest absolute Gasteiger partial charge is 0.493 e. The summed E-state index contributed by atoms with van der Waals surface area (Å²) in [6, 6.07) is 13.8. The van der Waals surface area contributed by atoms with Crippen molar-refractivity contribution in [2.24, 2.45) is 0 Å². The number of piperidine rings is 1. The van der Waals surface area contributed by atoms with Crippen LogP contribution in [0.5, 0.6) is 11.5 Å². The third-order valence-corrected chi connectivity index (χ3v) is 4.91. The number of hydrogen-bond donors (Lipinski definition) is 1. The summed E-state index contributed by atoms with van der Waals surface area (Å²) in [5, 5.41) is 2.93. The quantitative estimate of drug-likeness (QED) is 0.868. The van der Waals surface area contributed by atoms with E-state index in [4.69, 9.17) is 9.47 Å². The SMILES string of the molecule is COc1ccc(C(=O)Nc2ccc(N3CCCCC3C)cc2)cc1OC. The fraction of sp³-hybridized carbons (Fsp3) is 0.381. The van der Waals surface area contributed by atoms with Crippen LogP contribution in [0, 0.1) is 0 Å². The van der Waals surface area contributed by atoms with Gasteiger partial charge in [-0.05, 0) is 68.7 Å². The summed E-state index contributed by atoms with van der Waals surface area (Å²) in [5.41, 5.74) is 2.51. The van der Waals surface area contributed by atoms with Gasteiger partial charge in [-0.1, -0.05) is 0 Å². The van der Waals surface area contributed by atoms with Gasteiger partial charge in [-0.3, -0.25) is 4.79 Å². The van der Waals surface area contributed by atoms with E-state index in [1.54, 1.807) is 32.4 Å². The lowest BCUT2D eigenvalue weighted by Crippen LogP contribution is -2.37. The molecule has 1 unspecified atom stereocenters. The van der Waals surface area contributed by atoms with Gasteiger partial charge in [0.05, 0.1) is 14.2 Å². The van der Waals surface area contributed by atoms with Crippen molar-refractivity contribution in [3.63, 3.8) is 0 Å². The molecule has 2 aromatic rings. The normalized spacial score (nSPS) is 16.9. The van der Waals surface area contributed by atoms with Crippen molar-refractivity contribution in [2.75, 3.05) is 31.0 Å². The maximum Gasteiger partial charge on any atom is 0.255 e. The highest BCUT2D eigenvalue weighted by atomic mass is 16.5. The topological polar surface area (TPSA) is 50.8 Å². The maximum absolute atomic E-state index is 12.5. The second-order valence-electron chi connectivity index (χ2n) is 6.61. The molecular weight excluding hydrogens is 328 g/mol. The van der Waals surface area contributed by atoms with Crippen molar-refractivity contribution in [1.82, 2.24) is 0 Å². The van der Waals surface area contributed by atoms with E-state index in [9.17, 15) is 4.79 Å². The Bertz CT molecular complexity index is 758. The Morgan fingerprint density at radius 2 is 1.77 bits per heavy atom. The first-order chi connectivity index (χ1) is 12.6. The number of nitrogens with one attached hydrogen (secondary N) is 1. The summed E-state index contributed by atoms with van der Waals surface area (Å²) in [7, 11) is 3.13. The standard InChI is InChI=1S/C21H26N2O3/c1-15-6-4-5-13-23(15)18-10-8-17(9-11-18)22-21(24)16-7-12-19(25-2)20(14-16)26-3/h7-12,14-15H,4-6,13H2,1-3H3,(H,22,24). The Morgan fingerprint density at radius 1 is 1.04 bits per heavy atom. The first kappa shape index (κ1) is 18.1. The van der Waals surface area contributed by atoms with Crippen LogP contribution in [0.1, 0.15) is 36.5 Å². The molecule has 1 heterocycles. The van der Waals surface area contributed by atoms with Gasteiger partial charge in [0.2, 0.25) is 0 Å². The number of amides is 1. The van der Waals surface area contributed by atoms with E-state index < -0.39 is 0 Å². The molecule has 0 aromatic heterocycles. The first-order valence-corrected chi connectivity index (χ1v) is 9.02. The molecule has 138 valence electrons. The summed E-state index contributed by atoms with van der Waals surface area (Å²) < 4.78 is 10.5. The molecule has 0 saturated carbocycles. The average molecular weight is 354 g/mol. The number of methoxy groups -OCH3 is 2. The van der Waals surface area contributed by atoms with Crippen LogP contribution in [-0.4, -0.2) is 32.7 Å². The summed E-state index contributed by atoms with van der Waals surface area (Å²) in [4.78, 5) is 14.9. The summed E-state index contributed by atoms with van der Waals surface area (Å²) >= 11 is 0. The van der Waals surface area contributed by atoms with Crippen LogP contribution in [0.2, 0.25) is 0 Å². The predicted molar refractivity (Wildman–Crippen MR) is 105 cm³/mol. The summed E-state index contributed by atoms with van der Waals surface area (Å²) in [6.07, 6.45) is 3.77. The molecule has 1 aliphatic rings. The Balaban J connectivity index is 1.70. The lowest BCUT2D eigenvalue weighted by atomic mass is 10.0. The van der Waals surface area contributed by atoms with Crippen molar-refractivity contribution in [3.8, 4) is 11.5 Å². The minimum atomic E-state index is -0.176. The van der Waals surface area contributed by atoms with Crippen LogP contribution in [-0.2, 0) is 0 Å². The van der Waals surface area contributed by atoms with Gasteiger partial charge < -0.3 is 19.7 Å². The van der Waals surface area contributed by atoms with Gasteiger partial charge in [-0.2, -0.15) is 0 Å². The van der Waals surface area contributed by atoms with Gasteiger partial charge in [0, 0.05) is 29.5 Å². The highest BCUT2D eigenvalue weighted by Gasteiger charge is 2.18. The van der Waals surface area contributed by atoms with E-state index in [0.717, 1.165) is 12.2 Å². The molecule has 1 atom stereocenters. The van der Waals surface area contributed by atoms with Gasteiger partial charge in [0.15, 0.2) is 11.5 Å². The molecular formula is C21H26N2O3. The van der Waals surface area contributed by atoms with Gasteiger partial charge >= 0.3 is 0 Å². The number of rotatable bonds is 5. The minimum Gasteiger partial charge on any atom is -0.493 e. The molecule has 0 spiro atoms. The van der Waals surface area contributed by atoms with Crippen LogP contribution in [0.4, 0.5) is 11.4 Å². The van der Waals surface area contributed by atoms with E-state index in [1.807, 2.05) is 12.1 Å². The number of nitrogens with zero attached hydrogens (tertiary/aromatic N) is 1. The van der Waals surface area contributed by atoms with E-state index in [0.29, 0.717) is 23.1 Å². The lowest BCUT2D eigenvalue weighted by molar-refractivity contribution is 0.102. The van der Waals surface area contributed by atoms with Crippen LogP contribution in [0.15, 0.2) is 42.5 Å². The second kappa shape index (κ2) is 8.13. The third-order valence-electron chi connectivity index (χ3n) is 4.91.